The van der Waals surface area contributed by atoms with Crippen molar-refractivity contribution in [1.29, 1.82) is 5.26 Å². The van der Waals surface area contributed by atoms with Crippen molar-refractivity contribution < 1.29 is 0 Å². The molecule has 1 aromatic rings. The zero-order chi connectivity index (χ0) is 10.6. The minimum atomic E-state index is 0.542. The third-order valence-corrected chi connectivity index (χ3v) is 3.09. The molecule has 0 aliphatic heterocycles. The van der Waals surface area contributed by atoms with Gasteiger partial charge < -0.3 is 0 Å². The van der Waals surface area contributed by atoms with Gasteiger partial charge in [-0.15, -0.1) is 0 Å². The largest absolute Gasteiger partial charge is 0.192 e. The van der Waals surface area contributed by atoms with Crippen molar-refractivity contribution in [3.05, 3.63) is 33.8 Å². The van der Waals surface area contributed by atoms with Crippen LogP contribution in [0.5, 0.6) is 0 Å². The zero-order valence-electron chi connectivity index (χ0n) is 8.55. The first kappa shape index (κ1) is 11.3. The summed E-state index contributed by atoms with van der Waals surface area (Å²) < 4.78 is 0.882. The van der Waals surface area contributed by atoms with Gasteiger partial charge in [-0.1, -0.05) is 26.3 Å². The van der Waals surface area contributed by atoms with E-state index < -0.39 is 0 Å². The second kappa shape index (κ2) is 5.17. The lowest BCUT2D eigenvalue weighted by Crippen LogP contribution is -1.93. The Kier molecular flexibility index (Phi) is 4.16. The van der Waals surface area contributed by atoms with Crippen molar-refractivity contribution in [3.63, 3.8) is 0 Å². The molecule has 0 N–H and O–H groups in total. The molecule has 74 valence electrons. The Hall–Kier alpha value is -0.810. The molecule has 0 fully saturated rings. The van der Waals surface area contributed by atoms with Gasteiger partial charge in [-0.3, -0.25) is 0 Å². The number of hydrogen-bond acceptors (Lipinski definition) is 1. The fourth-order valence-electron chi connectivity index (χ4n) is 1.53. The molecule has 0 saturated carbocycles. The molecule has 0 radical (unpaired) electrons. The van der Waals surface area contributed by atoms with Crippen molar-refractivity contribution in [2.24, 2.45) is 0 Å². The van der Waals surface area contributed by atoms with Gasteiger partial charge in [-0.05, 0) is 46.0 Å². The number of benzene rings is 1. The fraction of sp³-hybridized carbons (Fsp3) is 0.417. The van der Waals surface area contributed by atoms with E-state index in [4.69, 9.17) is 5.26 Å². The molecule has 1 atom stereocenters. The van der Waals surface area contributed by atoms with Crippen LogP contribution in [0, 0.1) is 11.3 Å². The molecular formula is C12H14BrN. The smallest absolute Gasteiger partial charge is 0.100 e. The van der Waals surface area contributed by atoms with Gasteiger partial charge in [0.2, 0.25) is 0 Å². The summed E-state index contributed by atoms with van der Waals surface area (Å²) in [6, 6.07) is 8.21. The number of rotatable bonds is 3. The second-order valence-corrected chi connectivity index (χ2v) is 4.40. The van der Waals surface area contributed by atoms with Gasteiger partial charge in [0.05, 0.1) is 5.56 Å². The van der Waals surface area contributed by atoms with Crippen molar-refractivity contribution in [2.75, 3.05) is 0 Å². The monoisotopic (exact) mass is 251 g/mol. The molecule has 0 heterocycles. The van der Waals surface area contributed by atoms with E-state index in [1.54, 1.807) is 0 Å². The van der Waals surface area contributed by atoms with Crippen molar-refractivity contribution in [2.45, 2.75) is 32.6 Å². The highest BCUT2D eigenvalue weighted by Crippen LogP contribution is 2.25. The molecule has 2 heteroatoms. The van der Waals surface area contributed by atoms with E-state index in [2.05, 4.69) is 41.9 Å². The molecule has 14 heavy (non-hydrogen) atoms. The standard InChI is InChI=1S/C12H14BrN/c1-3-4-9(2)10-5-6-12(13)11(7-10)8-14/h5-7,9H,3-4H2,1-2H3. The summed E-state index contributed by atoms with van der Waals surface area (Å²) in [5.41, 5.74) is 1.98. The van der Waals surface area contributed by atoms with E-state index in [9.17, 15) is 0 Å². The summed E-state index contributed by atoms with van der Waals surface area (Å²) in [5, 5.41) is 8.87. The Morgan fingerprint density at radius 2 is 2.21 bits per heavy atom. The molecule has 0 aromatic heterocycles. The summed E-state index contributed by atoms with van der Waals surface area (Å²) in [7, 11) is 0. The lowest BCUT2D eigenvalue weighted by molar-refractivity contribution is 0.664. The van der Waals surface area contributed by atoms with Crippen molar-refractivity contribution in [1.82, 2.24) is 0 Å². The van der Waals surface area contributed by atoms with E-state index in [0.717, 1.165) is 10.0 Å². The average molecular weight is 252 g/mol. The summed E-state index contributed by atoms with van der Waals surface area (Å²) in [5.74, 6) is 0.542. The Morgan fingerprint density at radius 3 is 2.79 bits per heavy atom. The maximum absolute atomic E-state index is 8.87. The van der Waals surface area contributed by atoms with E-state index in [1.807, 2.05) is 12.1 Å². The number of halogens is 1. The Balaban J connectivity index is 2.95. The van der Waals surface area contributed by atoms with Gasteiger partial charge in [0.15, 0.2) is 0 Å². The summed E-state index contributed by atoms with van der Waals surface area (Å²) >= 11 is 3.36. The second-order valence-electron chi connectivity index (χ2n) is 3.54. The molecule has 1 unspecified atom stereocenters. The average Bonchev–Trinajstić information content (AvgIpc) is 2.19. The lowest BCUT2D eigenvalue weighted by Gasteiger charge is -2.10. The van der Waals surface area contributed by atoms with Crippen LogP contribution < -0.4 is 0 Å². The molecular weight excluding hydrogens is 238 g/mol. The highest BCUT2D eigenvalue weighted by Gasteiger charge is 2.06. The summed E-state index contributed by atoms with van der Waals surface area (Å²) in [6.45, 7) is 4.38. The molecule has 0 spiro atoms. The van der Waals surface area contributed by atoms with Crippen LogP contribution in [0.2, 0.25) is 0 Å². The summed E-state index contributed by atoms with van der Waals surface area (Å²) in [4.78, 5) is 0. The van der Waals surface area contributed by atoms with Gasteiger partial charge >= 0.3 is 0 Å². The van der Waals surface area contributed by atoms with Crippen LogP contribution in [0.25, 0.3) is 0 Å². The normalized spacial score (nSPS) is 12.1. The maximum Gasteiger partial charge on any atom is 0.100 e. The maximum atomic E-state index is 8.87. The Bertz CT molecular complexity index is 352. The zero-order valence-corrected chi connectivity index (χ0v) is 10.1. The predicted molar refractivity (Wildman–Crippen MR) is 62.2 cm³/mol. The third-order valence-electron chi connectivity index (χ3n) is 2.40. The lowest BCUT2D eigenvalue weighted by atomic mass is 9.95. The molecule has 1 rings (SSSR count). The van der Waals surface area contributed by atoms with E-state index in [1.165, 1.54) is 18.4 Å². The van der Waals surface area contributed by atoms with Crippen molar-refractivity contribution in [3.8, 4) is 6.07 Å². The molecule has 0 aliphatic carbocycles. The number of nitriles is 1. The highest BCUT2D eigenvalue weighted by molar-refractivity contribution is 9.10. The van der Waals surface area contributed by atoms with Crippen LogP contribution >= 0.6 is 15.9 Å². The molecule has 0 aliphatic rings. The Labute approximate surface area is 93.9 Å². The SMILES string of the molecule is CCCC(C)c1ccc(Br)c(C#N)c1. The van der Waals surface area contributed by atoms with E-state index in [0.29, 0.717) is 5.92 Å². The molecule has 0 bridgehead atoms. The van der Waals surface area contributed by atoms with Crippen molar-refractivity contribution >= 4 is 15.9 Å². The molecule has 0 amide bonds. The van der Waals surface area contributed by atoms with Crippen LogP contribution in [0.1, 0.15) is 43.7 Å². The third kappa shape index (κ3) is 2.59. The van der Waals surface area contributed by atoms with E-state index in [-0.39, 0.29) is 0 Å². The molecule has 1 nitrogen and oxygen atoms in total. The van der Waals surface area contributed by atoms with E-state index >= 15 is 0 Å². The van der Waals surface area contributed by atoms with Gasteiger partial charge in [-0.2, -0.15) is 5.26 Å². The van der Waals surface area contributed by atoms with Gasteiger partial charge in [-0.25, -0.2) is 0 Å². The van der Waals surface area contributed by atoms with Crippen LogP contribution in [0.15, 0.2) is 22.7 Å². The summed E-state index contributed by atoms with van der Waals surface area (Å²) in [6.07, 6.45) is 2.35. The fourth-order valence-corrected chi connectivity index (χ4v) is 1.87. The predicted octanol–water partition coefficient (Wildman–Crippen LogP) is 4.22. The first-order valence-corrected chi connectivity index (χ1v) is 5.68. The molecule has 1 aromatic carbocycles. The first-order valence-electron chi connectivity index (χ1n) is 4.88. The van der Waals surface area contributed by atoms with Crippen LogP contribution in [-0.2, 0) is 0 Å². The van der Waals surface area contributed by atoms with Gasteiger partial charge in [0.25, 0.3) is 0 Å². The first-order chi connectivity index (χ1) is 6.69. The Morgan fingerprint density at radius 1 is 1.50 bits per heavy atom. The number of nitrogens with zero attached hydrogens (tertiary/aromatic N) is 1. The highest BCUT2D eigenvalue weighted by atomic mass is 79.9. The van der Waals surface area contributed by atoms with Crippen LogP contribution in [-0.4, -0.2) is 0 Å². The van der Waals surface area contributed by atoms with Gasteiger partial charge in [0.1, 0.15) is 6.07 Å². The topological polar surface area (TPSA) is 23.8 Å². The van der Waals surface area contributed by atoms with Crippen LogP contribution in [0.4, 0.5) is 0 Å². The van der Waals surface area contributed by atoms with Gasteiger partial charge in [0, 0.05) is 4.47 Å². The minimum absolute atomic E-state index is 0.542. The van der Waals surface area contributed by atoms with Crippen LogP contribution in [0.3, 0.4) is 0 Å². The number of hydrogen-bond donors (Lipinski definition) is 0. The quantitative estimate of drug-likeness (QED) is 0.789. The minimum Gasteiger partial charge on any atom is -0.192 e. The molecule has 0 saturated heterocycles.